The van der Waals surface area contributed by atoms with Crippen molar-refractivity contribution in [1.29, 1.82) is 0 Å². The monoisotopic (exact) mass is 441 g/mol. The van der Waals surface area contributed by atoms with Crippen molar-refractivity contribution >= 4 is 44.9 Å². The molecule has 5 rings (SSSR count). The molecule has 1 aromatic carbocycles. The number of carbonyl (C=O) groups is 1. The fourth-order valence-electron chi connectivity index (χ4n) is 3.76. The van der Waals surface area contributed by atoms with Gasteiger partial charge in [0.05, 0.1) is 11.1 Å². The molecule has 7 nitrogen and oxygen atoms in total. The Morgan fingerprint density at radius 2 is 2.20 bits per heavy atom. The molecular formula is C21H19N3O4S2. The van der Waals surface area contributed by atoms with E-state index in [1.807, 2.05) is 0 Å². The zero-order valence-electron chi connectivity index (χ0n) is 16.1. The Labute approximate surface area is 180 Å². The van der Waals surface area contributed by atoms with Crippen LogP contribution in [-0.4, -0.2) is 28.0 Å². The molecule has 1 aliphatic heterocycles. The molecule has 3 aromatic rings. The van der Waals surface area contributed by atoms with Gasteiger partial charge in [0, 0.05) is 23.2 Å². The number of thioether (sulfide) groups is 1. The number of anilines is 1. The number of fused-ring (bicyclic) bond motifs is 4. The number of aromatic nitrogens is 2. The number of rotatable bonds is 6. The van der Waals surface area contributed by atoms with Crippen LogP contribution in [0.5, 0.6) is 11.5 Å². The van der Waals surface area contributed by atoms with Gasteiger partial charge < -0.3 is 14.8 Å². The van der Waals surface area contributed by atoms with Crippen LogP contribution in [0.4, 0.5) is 5.69 Å². The first kappa shape index (κ1) is 19.2. The van der Waals surface area contributed by atoms with Crippen molar-refractivity contribution in [2.45, 2.75) is 31.0 Å². The van der Waals surface area contributed by atoms with Gasteiger partial charge in [-0.1, -0.05) is 17.8 Å². The van der Waals surface area contributed by atoms with E-state index in [-0.39, 0.29) is 24.0 Å². The maximum atomic E-state index is 13.1. The molecule has 154 valence electrons. The highest BCUT2D eigenvalue weighted by molar-refractivity contribution is 7.99. The molecule has 0 radical (unpaired) electrons. The molecule has 3 heterocycles. The molecule has 9 heteroatoms. The quantitative estimate of drug-likeness (QED) is 0.358. The molecule has 0 saturated carbocycles. The zero-order chi connectivity index (χ0) is 20.7. The van der Waals surface area contributed by atoms with Crippen molar-refractivity contribution in [3.05, 3.63) is 51.6 Å². The van der Waals surface area contributed by atoms with Gasteiger partial charge in [-0.15, -0.1) is 17.9 Å². The van der Waals surface area contributed by atoms with Crippen molar-refractivity contribution in [1.82, 2.24) is 9.55 Å². The zero-order valence-corrected chi connectivity index (χ0v) is 17.7. The Hall–Kier alpha value is -2.78. The molecule has 1 aliphatic carbocycles. The number of ether oxygens (including phenoxy) is 2. The van der Waals surface area contributed by atoms with Gasteiger partial charge in [-0.05, 0) is 37.0 Å². The van der Waals surface area contributed by atoms with E-state index in [1.54, 1.807) is 40.2 Å². The van der Waals surface area contributed by atoms with E-state index in [0.29, 0.717) is 28.9 Å². The Kier molecular flexibility index (Phi) is 5.00. The van der Waals surface area contributed by atoms with Crippen LogP contribution in [0.1, 0.15) is 16.9 Å². The lowest BCUT2D eigenvalue weighted by Crippen LogP contribution is -2.23. The van der Waals surface area contributed by atoms with Crippen LogP contribution in [0.15, 0.2) is 40.8 Å². The minimum atomic E-state index is -0.188. The first-order valence-electron chi connectivity index (χ1n) is 9.62. The van der Waals surface area contributed by atoms with Crippen LogP contribution in [0.3, 0.4) is 0 Å². The van der Waals surface area contributed by atoms with Crippen LogP contribution >= 0.6 is 23.1 Å². The third kappa shape index (κ3) is 3.37. The SMILES string of the molecule is C=CCn1c(SCC(=O)Nc2ccc3c(c2)OCO3)nc2sc3c(c2c1=O)CCC3. The summed E-state index contributed by atoms with van der Waals surface area (Å²) in [6.07, 6.45) is 4.72. The predicted octanol–water partition coefficient (Wildman–Crippen LogP) is 3.59. The van der Waals surface area contributed by atoms with Crippen molar-refractivity contribution in [3.63, 3.8) is 0 Å². The summed E-state index contributed by atoms with van der Waals surface area (Å²) >= 11 is 2.85. The summed E-state index contributed by atoms with van der Waals surface area (Å²) in [5, 5.41) is 4.12. The lowest BCUT2D eigenvalue weighted by molar-refractivity contribution is -0.113. The van der Waals surface area contributed by atoms with Gasteiger partial charge in [-0.2, -0.15) is 0 Å². The van der Waals surface area contributed by atoms with E-state index < -0.39 is 0 Å². The molecule has 2 aliphatic rings. The summed E-state index contributed by atoms with van der Waals surface area (Å²) in [7, 11) is 0. The molecule has 1 N–H and O–H groups in total. The number of amides is 1. The summed E-state index contributed by atoms with van der Waals surface area (Å²) < 4.78 is 12.2. The van der Waals surface area contributed by atoms with Crippen molar-refractivity contribution < 1.29 is 14.3 Å². The van der Waals surface area contributed by atoms with Gasteiger partial charge >= 0.3 is 0 Å². The first-order chi connectivity index (χ1) is 14.6. The number of thiophene rings is 1. The van der Waals surface area contributed by atoms with Gasteiger partial charge in [-0.25, -0.2) is 4.98 Å². The van der Waals surface area contributed by atoms with Crippen molar-refractivity contribution in [2.24, 2.45) is 0 Å². The molecular weight excluding hydrogens is 422 g/mol. The number of hydrogen-bond acceptors (Lipinski definition) is 7. The van der Waals surface area contributed by atoms with Crippen molar-refractivity contribution in [3.8, 4) is 11.5 Å². The summed E-state index contributed by atoms with van der Waals surface area (Å²) in [5.74, 6) is 1.22. The Morgan fingerprint density at radius 1 is 1.33 bits per heavy atom. The van der Waals surface area contributed by atoms with Gasteiger partial charge in [-0.3, -0.25) is 14.2 Å². The lowest BCUT2D eigenvalue weighted by Gasteiger charge is -2.11. The highest BCUT2D eigenvalue weighted by Gasteiger charge is 2.23. The third-order valence-corrected chi connectivity index (χ3v) is 7.25. The third-order valence-electron chi connectivity index (χ3n) is 5.09. The molecule has 0 saturated heterocycles. The Balaban J connectivity index is 1.37. The maximum absolute atomic E-state index is 13.1. The molecule has 0 fully saturated rings. The smallest absolute Gasteiger partial charge is 0.263 e. The van der Waals surface area contributed by atoms with Crippen molar-refractivity contribution in [2.75, 3.05) is 17.9 Å². The summed E-state index contributed by atoms with van der Waals surface area (Å²) in [5.41, 5.74) is 1.74. The van der Waals surface area contributed by atoms with Gasteiger partial charge in [0.15, 0.2) is 16.7 Å². The minimum absolute atomic E-state index is 0.0435. The summed E-state index contributed by atoms with van der Waals surface area (Å²) in [4.78, 5) is 32.4. The van der Waals surface area contributed by atoms with E-state index in [1.165, 1.54) is 16.6 Å². The van der Waals surface area contributed by atoms with Crippen LogP contribution < -0.4 is 20.3 Å². The second-order valence-corrected chi connectivity index (χ2v) is 9.07. The number of benzene rings is 1. The second-order valence-electron chi connectivity index (χ2n) is 7.04. The molecule has 0 unspecified atom stereocenters. The van der Waals surface area contributed by atoms with Crippen LogP contribution in [0, 0.1) is 0 Å². The maximum Gasteiger partial charge on any atom is 0.263 e. The average molecular weight is 442 g/mol. The number of allylic oxidation sites excluding steroid dienone is 1. The summed E-state index contributed by atoms with van der Waals surface area (Å²) in [6, 6.07) is 5.26. The molecule has 30 heavy (non-hydrogen) atoms. The largest absolute Gasteiger partial charge is 0.454 e. The number of hydrogen-bond donors (Lipinski definition) is 1. The van der Waals surface area contributed by atoms with E-state index in [9.17, 15) is 9.59 Å². The summed E-state index contributed by atoms with van der Waals surface area (Å²) in [6.45, 7) is 4.31. The highest BCUT2D eigenvalue weighted by atomic mass is 32.2. The topological polar surface area (TPSA) is 82.5 Å². The van der Waals surface area contributed by atoms with Gasteiger partial charge in [0.25, 0.3) is 5.56 Å². The number of aryl methyl sites for hydroxylation is 2. The average Bonchev–Trinajstić information content (AvgIpc) is 3.44. The normalized spacial score (nSPS) is 14.1. The minimum Gasteiger partial charge on any atom is -0.454 e. The number of nitrogens with one attached hydrogen (secondary N) is 1. The van der Waals surface area contributed by atoms with Crippen LogP contribution in [0.25, 0.3) is 10.2 Å². The van der Waals surface area contributed by atoms with Crippen LogP contribution in [-0.2, 0) is 24.2 Å². The second kappa shape index (κ2) is 7.81. The molecule has 2 aromatic heterocycles. The Bertz CT molecular complexity index is 1230. The van der Waals surface area contributed by atoms with Crippen LogP contribution in [0.2, 0.25) is 0 Å². The molecule has 1 amide bonds. The highest BCUT2D eigenvalue weighted by Crippen LogP contribution is 2.36. The predicted molar refractivity (Wildman–Crippen MR) is 118 cm³/mol. The molecule has 0 spiro atoms. The number of carbonyl (C=O) groups excluding carboxylic acids is 1. The lowest BCUT2D eigenvalue weighted by atomic mass is 10.2. The standard InChI is InChI=1S/C21H19N3O4S2/c1-2-8-24-20(26)18-13-4-3-5-16(13)30-19(18)23-21(24)29-10-17(25)22-12-6-7-14-15(9-12)28-11-27-14/h2,6-7,9H,1,3-5,8,10-11H2,(H,22,25). The Morgan fingerprint density at radius 3 is 3.07 bits per heavy atom. The first-order valence-corrected chi connectivity index (χ1v) is 11.4. The molecule has 0 atom stereocenters. The molecule has 0 bridgehead atoms. The fourth-order valence-corrected chi connectivity index (χ4v) is 5.87. The number of nitrogens with zero attached hydrogens (tertiary/aromatic N) is 2. The van der Waals surface area contributed by atoms with Gasteiger partial charge in [0.2, 0.25) is 12.7 Å². The van der Waals surface area contributed by atoms with E-state index in [0.717, 1.165) is 35.0 Å². The van der Waals surface area contributed by atoms with E-state index in [2.05, 4.69) is 11.9 Å². The fraction of sp³-hybridized carbons (Fsp3) is 0.286. The van der Waals surface area contributed by atoms with E-state index in [4.69, 9.17) is 14.5 Å². The van der Waals surface area contributed by atoms with E-state index >= 15 is 0 Å². The van der Waals surface area contributed by atoms with Gasteiger partial charge in [0.1, 0.15) is 4.83 Å².